The molecule has 2 N–H and O–H groups in total. The Bertz CT molecular complexity index is 834. The van der Waals surface area contributed by atoms with Crippen molar-refractivity contribution in [2.75, 3.05) is 24.9 Å². The summed E-state index contributed by atoms with van der Waals surface area (Å²) < 4.78 is 11.2. The summed E-state index contributed by atoms with van der Waals surface area (Å²) in [5.74, 6) is 0.558. The molecule has 2 aromatic carbocycles. The van der Waals surface area contributed by atoms with Crippen LogP contribution in [-0.2, 0) is 4.79 Å². The first kappa shape index (κ1) is 20.8. The Kier molecular flexibility index (Phi) is 6.49. The van der Waals surface area contributed by atoms with Gasteiger partial charge in [-0.3, -0.25) is 9.59 Å². The molecule has 0 aliphatic rings. The van der Waals surface area contributed by atoms with Crippen LogP contribution in [0, 0.1) is 5.41 Å². The number of nitrogens with one attached hydrogen (secondary N) is 2. The number of methoxy groups -OCH3 is 2. The van der Waals surface area contributed by atoms with Gasteiger partial charge in [-0.2, -0.15) is 0 Å². The number of hydrogen-bond donors (Lipinski definition) is 2. The number of ether oxygens (including phenoxy) is 2. The molecule has 0 radical (unpaired) electrons. The number of rotatable bonds is 5. The second-order valence-electron chi connectivity index (χ2n) is 6.93. The summed E-state index contributed by atoms with van der Waals surface area (Å²) in [6.45, 7) is 5.51. The first-order chi connectivity index (χ1) is 12.7. The highest BCUT2D eigenvalue weighted by molar-refractivity contribution is 9.10. The van der Waals surface area contributed by atoms with Crippen LogP contribution in [0.15, 0.2) is 40.9 Å². The van der Waals surface area contributed by atoms with Gasteiger partial charge in [-0.05, 0) is 46.3 Å². The Morgan fingerprint density at radius 2 is 1.44 bits per heavy atom. The fraction of sp³-hybridized carbons (Fsp3) is 0.300. The van der Waals surface area contributed by atoms with Gasteiger partial charge in [0.1, 0.15) is 16.0 Å². The predicted octanol–water partition coefficient (Wildman–Crippen LogP) is 4.70. The van der Waals surface area contributed by atoms with E-state index in [1.807, 2.05) is 20.8 Å². The summed E-state index contributed by atoms with van der Waals surface area (Å²) in [7, 11) is 3.03. The van der Waals surface area contributed by atoms with Crippen LogP contribution >= 0.6 is 15.9 Å². The molecule has 0 unspecified atom stereocenters. The smallest absolute Gasteiger partial charge is 0.255 e. The van der Waals surface area contributed by atoms with E-state index >= 15 is 0 Å². The van der Waals surface area contributed by atoms with Gasteiger partial charge in [0.15, 0.2) is 0 Å². The third-order valence-corrected chi connectivity index (χ3v) is 4.55. The van der Waals surface area contributed by atoms with Crippen molar-refractivity contribution >= 4 is 39.1 Å². The molecular formula is C20H23BrN2O4. The largest absolute Gasteiger partial charge is 0.495 e. The normalized spacial score (nSPS) is 10.9. The second kappa shape index (κ2) is 8.43. The third kappa shape index (κ3) is 5.23. The minimum absolute atomic E-state index is 0.103. The van der Waals surface area contributed by atoms with Gasteiger partial charge in [0.2, 0.25) is 5.91 Å². The van der Waals surface area contributed by atoms with Crippen LogP contribution in [-0.4, -0.2) is 26.0 Å². The molecule has 0 saturated carbocycles. The summed E-state index contributed by atoms with van der Waals surface area (Å²) >= 11 is 3.38. The summed E-state index contributed by atoms with van der Waals surface area (Å²) in [5, 5.41) is 5.66. The van der Waals surface area contributed by atoms with Crippen LogP contribution in [0.4, 0.5) is 11.4 Å². The van der Waals surface area contributed by atoms with Crippen molar-refractivity contribution in [2.45, 2.75) is 20.8 Å². The summed E-state index contributed by atoms with van der Waals surface area (Å²) in [5.41, 5.74) is 1.05. The van der Waals surface area contributed by atoms with Crippen molar-refractivity contribution in [3.8, 4) is 11.5 Å². The van der Waals surface area contributed by atoms with Crippen molar-refractivity contribution in [1.82, 2.24) is 0 Å². The summed E-state index contributed by atoms with van der Waals surface area (Å²) in [6.07, 6.45) is 0. The topological polar surface area (TPSA) is 76.7 Å². The SMILES string of the molecule is COc1cc(C(=O)Nc2cccc(NC(=O)C(C)(C)C)c2)cc(OC)c1Br. The molecule has 7 heteroatoms. The van der Waals surface area contributed by atoms with Gasteiger partial charge in [0.25, 0.3) is 5.91 Å². The van der Waals surface area contributed by atoms with Crippen LogP contribution in [0.2, 0.25) is 0 Å². The summed E-state index contributed by atoms with van der Waals surface area (Å²) in [4.78, 5) is 24.8. The Labute approximate surface area is 167 Å². The fourth-order valence-electron chi connectivity index (χ4n) is 2.20. The number of amides is 2. The molecule has 27 heavy (non-hydrogen) atoms. The zero-order valence-electron chi connectivity index (χ0n) is 16.0. The highest BCUT2D eigenvalue weighted by atomic mass is 79.9. The van der Waals surface area contributed by atoms with Gasteiger partial charge < -0.3 is 20.1 Å². The number of halogens is 1. The summed E-state index contributed by atoms with van der Waals surface area (Å²) in [6, 6.07) is 10.2. The van der Waals surface area contributed by atoms with E-state index in [4.69, 9.17) is 9.47 Å². The van der Waals surface area contributed by atoms with Crippen molar-refractivity contribution in [1.29, 1.82) is 0 Å². The monoisotopic (exact) mass is 434 g/mol. The molecule has 144 valence electrons. The van der Waals surface area contributed by atoms with E-state index in [2.05, 4.69) is 26.6 Å². The molecule has 2 rings (SSSR count). The van der Waals surface area contributed by atoms with Gasteiger partial charge in [0, 0.05) is 22.4 Å². The zero-order valence-corrected chi connectivity index (χ0v) is 17.6. The highest BCUT2D eigenvalue weighted by Crippen LogP contribution is 2.35. The van der Waals surface area contributed by atoms with E-state index in [1.54, 1.807) is 36.4 Å². The average molecular weight is 435 g/mol. The van der Waals surface area contributed by atoms with E-state index in [1.165, 1.54) is 14.2 Å². The molecule has 2 amide bonds. The van der Waals surface area contributed by atoms with E-state index in [0.29, 0.717) is 32.9 Å². The Morgan fingerprint density at radius 3 is 1.93 bits per heavy atom. The van der Waals surface area contributed by atoms with Crippen molar-refractivity contribution in [2.24, 2.45) is 5.41 Å². The van der Waals surface area contributed by atoms with E-state index in [9.17, 15) is 9.59 Å². The maximum absolute atomic E-state index is 12.6. The average Bonchev–Trinajstić information content (AvgIpc) is 2.61. The molecular weight excluding hydrogens is 412 g/mol. The third-order valence-electron chi connectivity index (χ3n) is 3.77. The van der Waals surface area contributed by atoms with Crippen LogP contribution < -0.4 is 20.1 Å². The maximum Gasteiger partial charge on any atom is 0.255 e. The fourth-order valence-corrected chi connectivity index (χ4v) is 2.75. The predicted molar refractivity (Wildman–Crippen MR) is 110 cm³/mol. The highest BCUT2D eigenvalue weighted by Gasteiger charge is 2.21. The first-order valence-electron chi connectivity index (χ1n) is 8.30. The van der Waals surface area contributed by atoms with E-state index < -0.39 is 5.41 Å². The molecule has 2 aromatic rings. The van der Waals surface area contributed by atoms with Crippen molar-refractivity contribution in [3.05, 3.63) is 46.4 Å². The molecule has 0 aromatic heterocycles. The Hall–Kier alpha value is -2.54. The lowest BCUT2D eigenvalue weighted by Crippen LogP contribution is -2.27. The molecule has 6 nitrogen and oxygen atoms in total. The molecule has 0 aliphatic heterocycles. The second-order valence-corrected chi connectivity index (χ2v) is 7.73. The van der Waals surface area contributed by atoms with Gasteiger partial charge in [0.05, 0.1) is 14.2 Å². The zero-order chi connectivity index (χ0) is 20.2. The number of carbonyl (C=O) groups excluding carboxylic acids is 2. The minimum Gasteiger partial charge on any atom is -0.495 e. The number of hydrogen-bond acceptors (Lipinski definition) is 4. The molecule has 0 aliphatic carbocycles. The standard InChI is InChI=1S/C20H23BrN2O4/c1-20(2,3)19(25)23-14-8-6-7-13(11-14)22-18(24)12-9-15(26-4)17(21)16(10-12)27-5/h6-11H,1-5H3,(H,22,24)(H,23,25). The molecule has 0 heterocycles. The van der Waals surface area contributed by atoms with E-state index in [0.717, 1.165) is 0 Å². The first-order valence-corrected chi connectivity index (χ1v) is 9.09. The maximum atomic E-state index is 12.6. The lowest BCUT2D eigenvalue weighted by atomic mass is 9.95. The quantitative estimate of drug-likeness (QED) is 0.714. The van der Waals surface area contributed by atoms with Crippen molar-refractivity contribution in [3.63, 3.8) is 0 Å². The van der Waals surface area contributed by atoms with Crippen LogP contribution in [0.25, 0.3) is 0 Å². The molecule has 0 bridgehead atoms. The Balaban J connectivity index is 2.21. The Morgan fingerprint density at radius 1 is 0.926 bits per heavy atom. The molecule has 0 atom stereocenters. The van der Waals surface area contributed by atoms with E-state index in [-0.39, 0.29) is 11.8 Å². The van der Waals surface area contributed by atoms with Crippen LogP contribution in [0.1, 0.15) is 31.1 Å². The van der Waals surface area contributed by atoms with Crippen LogP contribution in [0.3, 0.4) is 0 Å². The molecule has 0 fully saturated rings. The molecule has 0 spiro atoms. The van der Waals surface area contributed by atoms with Gasteiger partial charge in [-0.25, -0.2) is 0 Å². The number of carbonyl (C=O) groups is 2. The number of benzene rings is 2. The molecule has 0 saturated heterocycles. The lowest BCUT2D eigenvalue weighted by molar-refractivity contribution is -0.123. The van der Waals surface area contributed by atoms with Crippen molar-refractivity contribution < 1.29 is 19.1 Å². The van der Waals surface area contributed by atoms with Gasteiger partial charge in [-0.15, -0.1) is 0 Å². The lowest BCUT2D eigenvalue weighted by Gasteiger charge is -2.18. The van der Waals surface area contributed by atoms with Crippen LogP contribution in [0.5, 0.6) is 11.5 Å². The number of anilines is 2. The van der Waals surface area contributed by atoms with Gasteiger partial charge in [-0.1, -0.05) is 26.8 Å². The van der Waals surface area contributed by atoms with Gasteiger partial charge >= 0.3 is 0 Å². The minimum atomic E-state index is -0.510.